The van der Waals surface area contributed by atoms with Crippen LogP contribution in [0.15, 0.2) is 54.6 Å². The lowest BCUT2D eigenvalue weighted by atomic mass is 10.1. The molecule has 2 aromatic carbocycles. The van der Waals surface area contributed by atoms with E-state index >= 15 is 0 Å². The summed E-state index contributed by atoms with van der Waals surface area (Å²) in [6.45, 7) is 3.85. The number of benzene rings is 2. The van der Waals surface area contributed by atoms with Crippen LogP contribution in [0.3, 0.4) is 0 Å². The molecule has 26 heavy (non-hydrogen) atoms. The van der Waals surface area contributed by atoms with Crippen molar-refractivity contribution in [3.63, 3.8) is 0 Å². The minimum absolute atomic E-state index is 0.349. The number of nitrogens with one attached hydrogen (secondary N) is 1. The largest absolute Gasteiger partial charge is 0.497 e. The summed E-state index contributed by atoms with van der Waals surface area (Å²) in [7, 11) is 1.60. The van der Waals surface area contributed by atoms with Crippen LogP contribution in [-0.2, 0) is 20.9 Å². The highest BCUT2D eigenvalue weighted by molar-refractivity contribution is 5.90. The van der Waals surface area contributed by atoms with Gasteiger partial charge in [0.25, 0.3) is 5.91 Å². The van der Waals surface area contributed by atoms with E-state index in [1.807, 2.05) is 55.5 Å². The standard InChI is InChI=1S/C21H23NO4/c1-15-6-4-5-7-18(15)10-13-20(23)26-16(2)21(24)22-14-17-8-11-19(25-3)12-9-17/h4-13,16H,14H2,1-3H3,(H,22,24)/b13-10+/t16-/m1/s1. The van der Waals surface area contributed by atoms with Crippen molar-refractivity contribution >= 4 is 18.0 Å². The number of carbonyl (C=O) groups excluding carboxylic acids is 2. The molecule has 136 valence electrons. The Balaban J connectivity index is 1.82. The molecule has 1 atom stereocenters. The van der Waals surface area contributed by atoms with Crippen LogP contribution in [0.5, 0.6) is 5.75 Å². The second-order valence-corrected chi connectivity index (χ2v) is 5.83. The van der Waals surface area contributed by atoms with Gasteiger partial charge in [-0.1, -0.05) is 36.4 Å². The molecule has 1 amide bonds. The van der Waals surface area contributed by atoms with Gasteiger partial charge in [-0.3, -0.25) is 4.79 Å². The van der Waals surface area contributed by atoms with Crippen LogP contribution in [0.4, 0.5) is 0 Å². The molecule has 0 spiro atoms. The minimum atomic E-state index is -0.873. The third-order valence-corrected chi connectivity index (χ3v) is 3.88. The molecule has 0 heterocycles. The number of hydrogen-bond donors (Lipinski definition) is 1. The number of carbonyl (C=O) groups is 2. The molecule has 0 aromatic heterocycles. The Labute approximate surface area is 153 Å². The third kappa shape index (κ3) is 5.77. The van der Waals surface area contributed by atoms with Crippen LogP contribution >= 0.6 is 0 Å². The first-order chi connectivity index (χ1) is 12.5. The Kier molecular flexibility index (Phi) is 6.97. The number of hydrogen-bond acceptors (Lipinski definition) is 4. The molecule has 0 radical (unpaired) electrons. The Morgan fingerprint density at radius 3 is 2.46 bits per heavy atom. The van der Waals surface area contributed by atoms with Crippen LogP contribution in [0, 0.1) is 6.92 Å². The molecule has 0 saturated carbocycles. The first-order valence-corrected chi connectivity index (χ1v) is 8.34. The second-order valence-electron chi connectivity index (χ2n) is 5.83. The topological polar surface area (TPSA) is 64.6 Å². The van der Waals surface area contributed by atoms with Gasteiger partial charge in [-0.05, 0) is 48.7 Å². The number of methoxy groups -OCH3 is 1. The summed E-state index contributed by atoms with van der Waals surface area (Å²) >= 11 is 0. The van der Waals surface area contributed by atoms with Gasteiger partial charge < -0.3 is 14.8 Å². The van der Waals surface area contributed by atoms with E-state index in [9.17, 15) is 9.59 Å². The summed E-state index contributed by atoms with van der Waals surface area (Å²) in [4.78, 5) is 24.0. The monoisotopic (exact) mass is 353 g/mol. The Bertz CT molecular complexity index is 781. The predicted octanol–water partition coefficient (Wildman–Crippen LogP) is 3.26. The van der Waals surface area contributed by atoms with Crippen LogP contribution in [0.2, 0.25) is 0 Å². The molecule has 0 unspecified atom stereocenters. The summed E-state index contributed by atoms with van der Waals surface area (Å²) in [5, 5.41) is 2.74. The van der Waals surface area contributed by atoms with Crippen molar-refractivity contribution in [1.29, 1.82) is 0 Å². The van der Waals surface area contributed by atoms with Crippen LogP contribution < -0.4 is 10.1 Å². The average Bonchev–Trinajstić information content (AvgIpc) is 2.65. The molecule has 2 aromatic rings. The highest BCUT2D eigenvalue weighted by atomic mass is 16.5. The zero-order valence-electron chi connectivity index (χ0n) is 15.2. The predicted molar refractivity (Wildman–Crippen MR) is 101 cm³/mol. The summed E-state index contributed by atoms with van der Waals surface area (Å²) in [5.74, 6) is -0.151. The number of ether oxygens (including phenoxy) is 2. The van der Waals surface area contributed by atoms with Gasteiger partial charge in [0.1, 0.15) is 5.75 Å². The van der Waals surface area contributed by atoms with E-state index in [2.05, 4.69) is 5.32 Å². The number of rotatable bonds is 7. The first-order valence-electron chi connectivity index (χ1n) is 8.34. The fraction of sp³-hybridized carbons (Fsp3) is 0.238. The molecule has 5 heteroatoms. The van der Waals surface area contributed by atoms with Crippen molar-refractivity contribution in [2.75, 3.05) is 7.11 Å². The van der Waals surface area contributed by atoms with Crippen LogP contribution in [0.25, 0.3) is 6.08 Å². The lowest BCUT2D eigenvalue weighted by Crippen LogP contribution is -2.35. The summed E-state index contributed by atoms with van der Waals surface area (Å²) < 4.78 is 10.2. The summed E-state index contributed by atoms with van der Waals surface area (Å²) in [6, 6.07) is 15.1. The van der Waals surface area contributed by atoms with E-state index in [1.54, 1.807) is 20.1 Å². The molecule has 0 saturated heterocycles. The van der Waals surface area contributed by atoms with Gasteiger partial charge in [0.05, 0.1) is 7.11 Å². The van der Waals surface area contributed by atoms with Crippen molar-refractivity contribution in [3.05, 3.63) is 71.3 Å². The maximum absolute atomic E-state index is 12.1. The van der Waals surface area contributed by atoms with Gasteiger partial charge in [-0.2, -0.15) is 0 Å². The Morgan fingerprint density at radius 2 is 1.81 bits per heavy atom. The van der Waals surface area contributed by atoms with Crippen LogP contribution in [-0.4, -0.2) is 25.1 Å². The van der Waals surface area contributed by atoms with Crippen molar-refractivity contribution in [2.45, 2.75) is 26.5 Å². The van der Waals surface area contributed by atoms with E-state index in [4.69, 9.17) is 9.47 Å². The number of aryl methyl sites for hydroxylation is 1. The van der Waals surface area contributed by atoms with Crippen molar-refractivity contribution in [1.82, 2.24) is 5.32 Å². The summed E-state index contributed by atoms with van der Waals surface area (Å²) in [6.07, 6.45) is 2.14. The van der Waals surface area contributed by atoms with E-state index < -0.39 is 12.1 Å². The van der Waals surface area contributed by atoms with Gasteiger partial charge in [0.2, 0.25) is 0 Å². The zero-order chi connectivity index (χ0) is 18.9. The molecule has 0 bridgehead atoms. The van der Waals surface area contributed by atoms with Gasteiger partial charge in [0, 0.05) is 12.6 Å². The molecule has 5 nitrogen and oxygen atoms in total. The smallest absolute Gasteiger partial charge is 0.331 e. The van der Waals surface area contributed by atoms with Gasteiger partial charge in [-0.15, -0.1) is 0 Å². The molecule has 0 aliphatic rings. The fourth-order valence-electron chi connectivity index (χ4n) is 2.27. The average molecular weight is 353 g/mol. The minimum Gasteiger partial charge on any atom is -0.497 e. The van der Waals surface area contributed by atoms with Gasteiger partial charge in [-0.25, -0.2) is 4.79 Å². The molecular formula is C21H23NO4. The van der Waals surface area contributed by atoms with E-state index in [0.717, 1.165) is 22.4 Å². The van der Waals surface area contributed by atoms with Crippen molar-refractivity contribution < 1.29 is 19.1 Å². The number of amides is 1. The van der Waals surface area contributed by atoms with Crippen molar-refractivity contribution in [2.24, 2.45) is 0 Å². The van der Waals surface area contributed by atoms with E-state index in [0.29, 0.717) is 6.54 Å². The molecule has 1 N–H and O–H groups in total. The zero-order valence-corrected chi connectivity index (χ0v) is 15.2. The molecule has 2 rings (SSSR count). The maximum atomic E-state index is 12.1. The third-order valence-electron chi connectivity index (χ3n) is 3.88. The number of esters is 1. The highest BCUT2D eigenvalue weighted by Gasteiger charge is 2.16. The molecule has 0 aliphatic heterocycles. The van der Waals surface area contributed by atoms with Crippen molar-refractivity contribution in [3.8, 4) is 5.75 Å². The highest BCUT2D eigenvalue weighted by Crippen LogP contribution is 2.11. The second kappa shape index (κ2) is 9.42. The van der Waals surface area contributed by atoms with E-state index in [1.165, 1.54) is 6.08 Å². The van der Waals surface area contributed by atoms with Gasteiger partial charge >= 0.3 is 5.97 Å². The van der Waals surface area contributed by atoms with E-state index in [-0.39, 0.29) is 5.91 Å². The SMILES string of the molecule is COc1ccc(CNC(=O)[C@@H](C)OC(=O)/C=C/c2ccccc2C)cc1. The van der Waals surface area contributed by atoms with Crippen LogP contribution in [0.1, 0.15) is 23.6 Å². The Morgan fingerprint density at radius 1 is 1.12 bits per heavy atom. The molecule has 0 aliphatic carbocycles. The Hall–Kier alpha value is -3.08. The first kappa shape index (κ1) is 19.2. The lowest BCUT2D eigenvalue weighted by Gasteiger charge is -2.12. The van der Waals surface area contributed by atoms with Gasteiger partial charge in [0.15, 0.2) is 6.10 Å². The maximum Gasteiger partial charge on any atom is 0.331 e. The quantitative estimate of drug-likeness (QED) is 0.613. The summed E-state index contributed by atoms with van der Waals surface area (Å²) in [5.41, 5.74) is 2.92. The molecular weight excluding hydrogens is 330 g/mol. The normalized spacial score (nSPS) is 11.8. The lowest BCUT2D eigenvalue weighted by molar-refractivity contribution is -0.150. The fourth-order valence-corrected chi connectivity index (χ4v) is 2.27. The molecule has 0 fully saturated rings.